The molecule has 0 saturated heterocycles. The number of rotatable bonds is 3. The van der Waals surface area contributed by atoms with E-state index >= 15 is 0 Å². The normalized spacial score (nSPS) is 10.2. The van der Waals surface area contributed by atoms with Crippen molar-refractivity contribution < 1.29 is 4.74 Å². The minimum Gasteiger partial charge on any atom is -0.490 e. The van der Waals surface area contributed by atoms with Gasteiger partial charge in [0.25, 0.3) is 0 Å². The molecule has 0 spiro atoms. The van der Waals surface area contributed by atoms with Crippen molar-refractivity contribution in [3.63, 3.8) is 0 Å². The van der Waals surface area contributed by atoms with Crippen LogP contribution in [0.15, 0.2) is 33.1 Å². The van der Waals surface area contributed by atoms with Crippen LogP contribution in [0.4, 0.5) is 5.82 Å². The SMILES string of the molecule is COc1c(N)ncnc1Sc1cccs1. The summed E-state index contributed by atoms with van der Waals surface area (Å²) in [4.78, 5) is 8.01. The Labute approximate surface area is 95.5 Å². The summed E-state index contributed by atoms with van der Waals surface area (Å²) in [5, 5.41) is 2.76. The maximum Gasteiger partial charge on any atom is 0.193 e. The van der Waals surface area contributed by atoms with Gasteiger partial charge in [-0.05, 0) is 11.4 Å². The van der Waals surface area contributed by atoms with E-state index < -0.39 is 0 Å². The van der Waals surface area contributed by atoms with E-state index in [2.05, 4.69) is 9.97 Å². The van der Waals surface area contributed by atoms with Crippen LogP contribution in [0.3, 0.4) is 0 Å². The topological polar surface area (TPSA) is 61.0 Å². The first-order valence-corrected chi connectivity index (χ1v) is 5.86. The van der Waals surface area contributed by atoms with Crippen LogP contribution in [0.2, 0.25) is 0 Å². The van der Waals surface area contributed by atoms with Gasteiger partial charge in [-0.15, -0.1) is 11.3 Å². The van der Waals surface area contributed by atoms with Gasteiger partial charge in [0, 0.05) is 0 Å². The molecular formula is C9H9N3OS2. The Balaban J connectivity index is 2.32. The zero-order valence-electron chi connectivity index (χ0n) is 8.01. The van der Waals surface area contributed by atoms with Crippen molar-refractivity contribution in [2.75, 3.05) is 12.8 Å². The molecule has 0 saturated carbocycles. The molecule has 15 heavy (non-hydrogen) atoms. The number of nitrogens with two attached hydrogens (primary N) is 1. The van der Waals surface area contributed by atoms with Gasteiger partial charge in [0.15, 0.2) is 11.6 Å². The second-order valence-electron chi connectivity index (χ2n) is 2.63. The first-order chi connectivity index (χ1) is 7.31. The molecule has 0 atom stereocenters. The molecule has 2 aromatic rings. The Morgan fingerprint density at radius 3 is 3.00 bits per heavy atom. The molecule has 2 N–H and O–H groups in total. The number of hydrogen-bond acceptors (Lipinski definition) is 6. The average molecular weight is 239 g/mol. The number of aromatic nitrogens is 2. The molecular weight excluding hydrogens is 230 g/mol. The molecule has 0 aliphatic heterocycles. The van der Waals surface area contributed by atoms with Crippen molar-refractivity contribution >= 4 is 28.9 Å². The van der Waals surface area contributed by atoms with Crippen LogP contribution in [-0.4, -0.2) is 17.1 Å². The lowest BCUT2D eigenvalue weighted by molar-refractivity contribution is 0.401. The molecule has 4 nitrogen and oxygen atoms in total. The molecule has 0 amide bonds. The van der Waals surface area contributed by atoms with Crippen molar-refractivity contribution in [1.29, 1.82) is 0 Å². The zero-order valence-corrected chi connectivity index (χ0v) is 9.64. The van der Waals surface area contributed by atoms with Gasteiger partial charge in [0.2, 0.25) is 0 Å². The number of ether oxygens (including phenoxy) is 1. The predicted octanol–water partition coefficient (Wildman–Crippen LogP) is 2.28. The van der Waals surface area contributed by atoms with Crippen LogP contribution in [-0.2, 0) is 0 Å². The minimum atomic E-state index is 0.367. The molecule has 0 fully saturated rings. The Morgan fingerprint density at radius 2 is 2.33 bits per heavy atom. The third-order valence-corrected chi connectivity index (χ3v) is 3.72. The van der Waals surface area contributed by atoms with Crippen LogP contribution in [0, 0.1) is 0 Å². The summed E-state index contributed by atoms with van der Waals surface area (Å²) in [7, 11) is 1.56. The molecule has 2 aromatic heterocycles. The first-order valence-electron chi connectivity index (χ1n) is 4.17. The molecule has 0 aliphatic rings. The van der Waals surface area contributed by atoms with Crippen molar-refractivity contribution in [3.8, 4) is 5.75 Å². The lowest BCUT2D eigenvalue weighted by atomic mass is 10.5. The van der Waals surface area contributed by atoms with Gasteiger partial charge in [-0.2, -0.15) is 0 Å². The van der Waals surface area contributed by atoms with Gasteiger partial charge in [0.05, 0.1) is 11.3 Å². The summed E-state index contributed by atoms with van der Waals surface area (Å²) in [6, 6.07) is 4.01. The number of nitrogen functional groups attached to an aromatic ring is 1. The van der Waals surface area contributed by atoms with Gasteiger partial charge in [-0.25, -0.2) is 9.97 Å². The van der Waals surface area contributed by atoms with Gasteiger partial charge < -0.3 is 10.5 Å². The molecule has 2 rings (SSSR count). The van der Waals surface area contributed by atoms with Gasteiger partial charge in [-0.3, -0.25) is 0 Å². The standard InChI is InChI=1S/C9H9N3OS2/c1-13-7-8(10)11-5-12-9(7)15-6-3-2-4-14-6/h2-5H,1H3,(H2,10,11,12). The summed E-state index contributed by atoms with van der Waals surface area (Å²) in [6.45, 7) is 0. The number of nitrogens with zero attached hydrogens (tertiary/aromatic N) is 2. The van der Waals surface area contributed by atoms with Gasteiger partial charge >= 0.3 is 0 Å². The van der Waals surface area contributed by atoms with Crippen molar-refractivity contribution in [1.82, 2.24) is 9.97 Å². The maximum atomic E-state index is 5.67. The number of hydrogen-bond donors (Lipinski definition) is 1. The van der Waals surface area contributed by atoms with Crippen LogP contribution < -0.4 is 10.5 Å². The van der Waals surface area contributed by atoms with Crippen molar-refractivity contribution in [2.24, 2.45) is 0 Å². The maximum absolute atomic E-state index is 5.67. The highest BCUT2D eigenvalue weighted by Gasteiger charge is 2.11. The van der Waals surface area contributed by atoms with E-state index in [0.717, 1.165) is 9.24 Å². The molecule has 78 valence electrons. The fourth-order valence-electron chi connectivity index (χ4n) is 1.05. The minimum absolute atomic E-state index is 0.367. The smallest absolute Gasteiger partial charge is 0.193 e. The summed E-state index contributed by atoms with van der Waals surface area (Å²) in [5.74, 6) is 0.905. The summed E-state index contributed by atoms with van der Waals surface area (Å²) >= 11 is 3.17. The van der Waals surface area contributed by atoms with E-state index in [1.54, 1.807) is 18.4 Å². The Kier molecular flexibility index (Phi) is 3.08. The summed E-state index contributed by atoms with van der Waals surface area (Å²) in [5.41, 5.74) is 5.67. The Hall–Kier alpha value is -1.27. The van der Waals surface area contributed by atoms with Gasteiger partial charge in [0.1, 0.15) is 11.4 Å². The molecule has 0 aromatic carbocycles. The van der Waals surface area contributed by atoms with E-state index in [1.165, 1.54) is 18.1 Å². The molecule has 0 radical (unpaired) electrons. The highest BCUT2D eigenvalue weighted by atomic mass is 32.2. The zero-order chi connectivity index (χ0) is 10.7. The Morgan fingerprint density at radius 1 is 1.47 bits per heavy atom. The lowest BCUT2D eigenvalue weighted by Gasteiger charge is -2.06. The number of methoxy groups -OCH3 is 1. The lowest BCUT2D eigenvalue weighted by Crippen LogP contribution is -1.98. The summed E-state index contributed by atoms with van der Waals surface area (Å²) < 4.78 is 6.30. The van der Waals surface area contributed by atoms with Crippen LogP contribution in [0.25, 0.3) is 0 Å². The van der Waals surface area contributed by atoms with E-state index in [4.69, 9.17) is 10.5 Å². The van der Waals surface area contributed by atoms with E-state index in [9.17, 15) is 0 Å². The second-order valence-corrected chi connectivity index (χ2v) is 4.87. The van der Waals surface area contributed by atoms with E-state index in [1.807, 2.05) is 17.5 Å². The van der Waals surface area contributed by atoms with Gasteiger partial charge in [-0.1, -0.05) is 17.8 Å². The molecule has 2 heterocycles. The fourth-order valence-corrected chi connectivity index (χ4v) is 2.81. The molecule has 0 aliphatic carbocycles. The number of thiophene rings is 1. The molecule has 0 unspecified atom stereocenters. The summed E-state index contributed by atoms with van der Waals surface area (Å²) in [6.07, 6.45) is 1.44. The third-order valence-electron chi connectivity index (χ3n) is 1.70. The van der Waals surface area contributed by atoms with Crippen LogP contribution >= 0.6 is 23.1 Å². The third kappa shape index (κ3) is 2.21. The van der Waals surface area contributed by atoms with Crippen molar-refractivity contribution in [3.05, 3.63) is 23.8 Å². The second kappa shape index (κ2) is 4.50. The first kappa shape index (κ1) is 10.3. The molecule has 6 heteroatoms. The largest absolute Gasteiger partial charge is 0.490 e. The highest BCUT2D eigenvalue weighted by Crippen LogP contribution is 2.37. The average Bonchev–Trinajstić information content (AvgIpc) is 2.71. The van der Waals surface area contributed by atoms with Crippen molar-refractivity contribution in [2.45, 2.75) is 9.24 Å². The van der Waals surface area contributed by atoms with Crippen LogP contribution in [0.1, 0.15) is 0 Å². The Bertz CT molecular complexity index is 445. The predicted molar refractivity (Wildman–Crippen MR) is 61.4 cm³/mol. The monoisotopic (exact) mass is 239 g/mol. The quantitative estimate of drug-likeness (QED) is 0.833. The van der Waals surface area contributed by atoms with E-state index in [0.29, 0.717) is 11.6 Å². The number of anilines is 1. The van der Waals surface area contributed by atoms with E-state index in [-0.39, 0.29) is 0 Å². The molecule has 0 bridgehead atoms. The van der Waals surface area contributed by atoms with Crippen LogP contribution in [0.5, 0.6) is 5.75 Å². The fraction of sp³-hybridized carbons (Fsp3) is 0.111. The highest BCUT2D eigenvalue weighted by molar-refractivity contribution is 8.01.